The second-order valence-corrected chi connectivity index (χ2v) is 14.8. The van der Waals surface area contributed by atoms with Crippen molar-refractivity contribution in [2.24, 2.45) is 17.8 Å². The molecule has 0 N–H and O–H groups in total. The maximum Gasteiger partial charge on any atom is 0.113 e. The molecule has 124 valence electrons. The van der Waals surface area contributed by atoms with E-state index in [0.717, 1.165) is 12.3 Å². The molecular weight excluding hydrogens is 310 g/mol. The van der Waals surface area contributed by atoms with Crippen LogP contribution in [0.15, 0.2) is 23.0 Å². The summed E-state index contributed by atoms with van der Waals surface area (Å²) in [5.41, 5.74) is 2.99. The molecule has 0 amide bonds. The van der Waals surface area contributed by atoms with Crippen LogP contribution in [0.5, 0.6) is 0 Å². The van der Waals surface area contributed by atoms with Gasteiger partial charge in [0.2, 0.25) is 0 Å². The molecule has 6 atom stereocenters. The molecule has 0 saturated carbocycles. The number of allylic oxidation sites excluding steroid dienone is 3. The van der Waals surface area contributed by atoms with Crippen LogP contribution in [0.2, 0.25) is 0 Å². The third-order valence-electron chi connectivity index (χ3n) is 5.69. The highest BCUT2D eigenvalue weighted by atomic mass is 31.2. The monoisotopic (exact) mass is 340 g/mol. The summed E-state index contributed by atoms with van der Waals surface area (Å²) in [6.07, 6.45) is 3.84. The molecule has 3 rings (SSSR count). The highest BCUT2D eigenvalue weighted by molar-refractivity contribution is 7.72. The summed E-state index contributed by atoms with van der Waals surface area (Å²) in [6, 6.07) is 0. The number of rotatable bonds is 4. The minimum Gasteiger partial charge on any atom is -0.322 e. The minimum atomic E-state index is -2.36. The van der Waals surface area contributed by atoms with Crippen molar-refractivity contribution in [2.75, 3.05) is 12.3 Å². The van der Waals surface area contributed by atoms with E-state index >= 15 is 0 Å². The lowest BCUT2D eigenvalue weighted by Gasteiger charge is -2.28. The molecule has 3 aliphatic rings. The molecule has 0 aromatic carbocycles. The molecule has 1 fully saturated rings. The fraction of sp³-hybridized carbons (Fsp3) is 0.778. The van der Waals surface area contributed by atoms with Crippen molar-refractivity contribution in [3.8, 4) is 0 Å². The molecule has 3 heterocycles. The second-order valence-electron chi connectivity index (χ2n) is 8.60. The van der Waals surface area contributed by atoms with Gasteiger partial charge in [0.15, 0.2) is 0 Å². The Morgan fingerprint density at radius 1 is 1.00 bits per heavy atom. The highest BCUT2D eigenvalue weighted by Crippen LogP contribution is 2.82. The first-order chi connectivity index (χ1) is 10.1. The van der Waals surface area contributed by atoms with Crippen molar-refractivity contribution < 1.29 is 9.13 Å². The largest absolute Gasteiger partial charge is 0.322 e. The van der Waals surface area contributed by atoms with Gasteiger partial charge in [-0.1, -0.05) is 44.9 Å². The Labute approximate surface area is 135 Å². The average molecular weight is 340 g/mol. The van der Waals surface area contributed by atoms with E-state index < -0.39 is 14.3 Å². The molecule has 1 saturated heterocycles. The summed E-state index contributed by atoms with van der Waals surface area (Å²) < 4.78 is 27.6. The number of hydrogen-bond donors (Lipinski definition) is 0. The normalized spacial score (nSPS) is 46.4. The van der Waals surface area contributed by atoms with Crippen molar-refractivity contribution in [1.29, 1.82) is 0 Å². The zero-order chi connectivity index (χ0) is 16.4. The molecular formula is C18H30O2P2. The molecule has 2 bridgehead atoms. The zero-order valence-corrected chi connectivity index (χ0v) is 16.5. The Hall–Kier alpha value is -0.0600. The van der Waals surface area contributed by atoms with Crippen LogP contribution in [0.1, 0.15) is 41.5 Å². The van der Waals surface area contributed by atoms with E-state index in [1.165, 1.54) is 11.1 Å². The predicted molar refractivity (Wildman–Crippen MR) is 97.0 cm³/mol. The smallest absolute Gasteiger partial charge is 0.113 e. The third-order valence-corrected chi connectivity index (χ3v) is 14.2. The van der Waals surface area contributed by atoms with Crippen LogP contribution in [0.4, 0.5) is 0 Å². The maximum absolute atomic E-state index is 13.9. The fourth-order valence-corrected chi connectivity index (χ4v) is 15.9. The zero-order valence-electron chi connectivity index (χ0n) is 14.7. The standard InChI is InChI=1S/C18H30O2P2/c1-11(2)8-21(19)10-14(6)16-17-13(5)7-15(18(16)21)22(17,20)9-12(3)4/h7,10-12,15-18H,8-9H2,1-6H3/t15-,16-,17+,18+,21?,22?/m0/s1. The van der Waals surface area contributed by atoms with Crippen molar-refractivity contribution in [1.82, 2.24) is 0 Å². The Kier molecular flexibility index (Phi) is 3.98. The van der Waals surface area contributed by atoms with E-state index in [4.69, 9.17) is 0 Å². The van der Waals surface area contributed by atoms with Crippen LogP contribution in [-0.2, 0) is 9.13 Å². The number of hydrogen-bond acceptors (Lipinski definition) is 2. The van der Waals surface area contributed by atoms with Gasteiger partial charge in [0.1, 0.15) is 14.3 Å². The molecule has 0 aliphatic carbocycles. The van der Waals surface area contributed by atoms with Gasteiger partial charge >= 0.3 is 0 Å². The van der Waals surface area contributed by atoms with E-state index in [9.17, 15) is 9.13 Å². The fourth-order valence-electron chi connectivity index (χ4n) is 5.45. The average Bonchev–Trinajstić information content (AvgIpc) is 2.81. The summed E-state index contributed by atoms with van der Waals surface area (Å²) in [7, 11) is -4.65. The predicted octanol–water partition coefficient (Wildman–Crippen LogP) is 5.64. The van der Waals surface area contributed by atoms with Gasteiger partial charge in [-0.05, 0) is 31.5 Å². The van der Waals surface area contributed by atoms with Gasteiger partial charge in [0.05, 0.1) is 0 Å². The van der Waals surface area contributed by atoms with E-state index in [0.29, 0.717) is 17.8 Å². The SMILES string of the molecule is CC1=CP(=O)(CC(C)C)[C@H]2[C@@H]1[C@H]1C(C)=C[C@@H]2P1(=O)CC(C)C. The van der Waals surface area contributed by atoms with Crippen LogP contribution < -0.4 is 0 Å². The highest BCUT2D eigenvalue weighted by Gasteiger charge is 2.67. The lowest BCUT2D eigenvalue weighted by Crippen LogP contribution is -2.29. The van der Waals surface area contributed by atoms with Crippen molar-refractivity contribution in [2.45, 2.75) is 58.5 Å². The third kappa shape index (κ3) is 2.21. The lowest BCUT2D eigenvalue weighted by atomic mass is 9.85. The van der Waals surface area contributed by atoms with Crippen LogP contribution in [-0.4, -0.2) is 29.3 Å². The van der Waals surface area contributed by atoms with Gasteiger partial charge in [-0.3, -0.25) is 0 Å². The molecule has 22 heavy (non-hydrogen) atoms. The summed E-state index contributed by atoms with van der Waals surface area (Å²) in [6.45, 7) is 12.9. The summed E-state index contributed by atoms with van der Waals surface area (Å²) >= 11 is 0. The molecule has 4 heteroatoms. The Bertz CT molecular complexity index is 641. The minimum absolute atomic E-state index is 0.0863. The molecule has 3 aliphatic heterocycles. The molecule has 2 nitrogen and oxygen atoms in total. The van der Waals surface area contributed by atoms with E-state index in [2.05, 4.69) is 53.4 Å². The van der Waals surface area contributed by atoms with E-state index in [-0.39, 0.29) is 17.0 Å². The van der Waals surface area contributed by atoms with Crippen molar-refractivity contribution in [3.05, 3.63) is 23.0 Å². The first-order valence-electron chi connectivity index (χ1n) is 8.64. The first kappa shape index (κ1) is 16.8. The Morgan fingerprint density at radius 3 is 2.14 bits per heavy atom. The molecule has 0 aromatic rings. The van der Waals surface area contributed by atoms with Gasteiger partial charge in [-0.25, -0.2) is 0 Å². The van der Waals surface area contributed by atoms with Crippen LogP contribution in [0.3, 0.4) is 0 Å². The maximum atomic E-state index is 13.9. The lowest BCUT2D eigenvalue weighted by molar-refractivity contribution is 0.538. The van der Waals surface area contributed by atoms with Crippen LogP contribution in [0, 0.1) is 17.8 Å². The van der Waals surface area contributed by atoms with Crippen LogP contribution in [0.25, 0.3) is 0 Å². The summed E-state index contributed by atoms with van der Waals surface area (Å²) in [5.74, 6) is 3.28. The van der Waals surface area contributed by atoms with Gasteiger partial charge in [0, 0.05) is 35.2 Å². The van der Waals surface area contributed by atoms with E-state index in [1.54, 1.807) is 0 Å². The Morgan fingerprint density at radius 2 is 1.59 bits per heavy atom. The van der Waals surface area contributed by atoms with Gasteiger partial charge in [0.25, 0.3) is 0 Å². The number of fused-ring (bicyclic) bond motifs is 5. The van der Waals surface area contributed by atoms with Gasteiger partial charge in [-0.15, -0.1) is 0 Å². The van der Waals surface area contributed by atoms with Crippen molar-refractivity contribution >= 4 is 14.3 Å². The first-order valence-corrected chi connectivity index (χ1v) is 12.7. The van der Waals surface area contributed by atoms with Crippen LogP contribution >= 0.6 is 14.3 Å². The second kappa shape index (κ2) is 5.22. The van der Waals surface area contributed by atoms with Crippen molar-refractivity contribution in [3.63, 3.8) is 0 Å². The van der Waals surface area contributed by atoms with Gasteiger partial charge < -0.3 is 9.13 Å². The quantitative estimate of drug-likeness (QED) is 0.490. The van der Waals surface area contributed by atoms with E-state index in [1.807, 2.05) is 0 Å². The summed E-state index contributed by atoms with van der Waals surface area (Å²) in [5, 5.41) is 0. The molecule has 0 radical (unpaired) electrons. The molecule has 0 spiro atoms. The topological polar surface area (TPSA) is 34.1 Å². The molecule has 2 unspecified atom stereocenters. The molecule has 0 aromatic heterocycles. The van der Waals surface area contributed by atoms with Gasteiger partial charge in [-0.2, -0.15) is 0 Å². The summed E-state index contributed by atoms with van der Waals surface area (Å²) in [4.78, 5) is 0. The Balaban J connectivity index is 2.07.